The zero-order valence-corrected chi connectivity index (χ0v) is 14.1. The van der Waals surface area contributed by atoms with E-state index in [2.05, 4.69) is 15.6 Å². The summed E-state index contributed by atoms with van der Waals surface area (Å²) in [6.45, 7) is 2.00. The second-order valence-corrected chi connectivity index (χ2v) is 6.09. The molecule has 2 aromatic rings. The Labute approximate surface area is 147 Å². The summed E-state index contributed by atoms with van der Waals surface area (Å²) in [5, 5.41) is 5.79. The van der Waals surface area contributed by atoms with E-state index in [-0.39, 0.29) is 11.9 Å². The van der Waals surface area contributed by atoms with E-state index >= 15 is 0 Å². The number of urea groups is 1. The van der Waals surface area contributed by atoms with Crippen LogP contribution < -0.4 is 10.6 Å². The van der Waals surface area contributed by atoms with Gasteiger partial charge >= 0.3 is 6.03 Å². The highest BCUT2D eigenvalue weighted by atomic mass is 16.2. The van der Waals surface area contributed by atoms with Gasteiger partial charge in [0.05, 0.1) is 6.33 Å². The molecule has 0 spiro atoms. The fourth-order valence-corrected chi connectivity index (χ4v) is 3.01. The summed E-state index contributed by atoms with van der Waals surface area (Å²) < 4.78 is 1.97. The third-order valence-electron chi connectivity index (χ3n) is 4.29. The smallest absolute Gasteiger partial charge is 0.322 e. The van der Waals surface area contributed by atoms with Crippen molar-refractivity contribution in [2.24, 2.45) is 0 Å². The number of hydrogen-bond donors (Lipinski definition) is 2. The molecule has 3 amide bonds. The monoisotopic (exact) mass is 341 g/mol. The number of carbonyl (C=O) groups is 2. The minimum Gasteiger partial charge on any atom is -0.354 e. The van der Waals surface area contributed by atoms with Crippen LogP contribution in [0.5, 0.6) is 0 Å². The quantitative estimate of drug-likeness (QED) is 0.790. The van der Waals surface area contributed by atoms with E-state index in [9.17, 15) is 9.59 Å². The van der Waals surface area contributed by atoms with Crippen LogP contribution in [0.15, 0.2) is 49.1 Å². The number of aromatic nitrogens is 2. The van der Waals surface area contributed by atoms with Crippen molar-refractivity contribution in [2.75, 3.05) is 18.4 Å². The molecule has 0 radical (unpaired) electrons. The Balaban J connectivity index is 1.46. The first-order valence-electron chi connectivity index (χ1n) is 8.60. The predicted molar refractivity (Wildman–Crippen MR) is 95.0 cm³/mol. The lowest BCUT2D eigenvalue weighted by Gasteiger charge is -2.24. The second-order valence-electron chi connectivity index (χ2n) is 6.09. The van der Waals surface area contributed by atoms with Gasteiger partial charge in [-0.25, -0.2) is 9.78 Å². The first-order valence-corrected chi connectivity index (χ1v) is 8.60. The SMILES string of the molecule is O=C(NCCCn1ccnc1)[C@H]1CCCN1C(=O)Nc1ccccc1. The maximum absolute atomic E-state index is 12.4. The molecule has 1 aromatic carbocycles. The van der Waals surface area contributed by atoms with E-state index < -0.39 is 6.04 Å². The van der Waals surface area contributed by atoms with Gasteiger partial charge in [0, 0.05) is 37.7 Å². The van der Waals surface area contributed by atoms with Crippen molar-refractivity contribution in [3.8, 4) is 0 Å². The second kappa shape index (κ2) is 8.32. The number of rotatable bonds is 6. The molecule has 3 rings (SSSR count). The van der Waals surface area contributed by atoms with Gasteiger partial charge in [0.2, 0.25) is 5.91 Å². The molecule has 25 heavy (non-hydrogen) atoms. The van der Waals surface area contributed by atoms with E-state index in [0.29, 0.717) is 19.5 Å². The minimum absolute atomic E-state index is 0.0775. The van der Waals surface area contributed by atoms with E-state index in [0.717, 1.165) is 25.1 Å². The average molecular weight is 341 g/mol. The number of amides is 3. The van der Waals surface area contributed by atoms with Crippen molar-refractivity contribution in [2.45, 2.75) is 31.8 Å². The molecule has 2 N–H and O–H groups in total. The Kier molecular flexibility index (Phi) is 5.66. The van der Waals surface area contributed by atoms with E-state index in [1.165, 1.54) is 0 Å². The Bertz CT molecular complexity index is 687. The van der Waals surface area contributed by atoms with Crippen LogP contribution >= 0.6 is 0 Å². The molecule has 1 fully saturated rings. The number of imidazole rings is 1. The Morgan fingerprint density at radius 1 is 1.24 bits per heavy atom. The van der Waals surface area contributed by atoms with Crippen molar-refractivity contribution < 1.29 is 9.59 Å². The maximum atomic E-state index is 12.4. The minimum atomic E-state index is -0.392. The van der Waals surface area contributed by atoms with E-state index in [1.807, 2.05) is 41.1 Å². The van der Waals surface area contributed by atoms with Crippen molar-refractivity contribution in [1.82, 2.24) is 19.8 Å². The molecular formula is C18H23N5O2. The van der Waals surface area contributed by atoms with Crippen LogP contribution in [-0.4, -0.2) is 45.5 Å². The van der Waals surface area contributed by atoms with Gasteiger partial charge in [-0.2, -0.15) is 0 Å². The highest BCUT2D eigenvalue weighted by molar-refractivity contribution is 5.94. The third-order valence-corrected chi connectivity index (χ3v) is 4.29. The van der Waals surface area contributed by atoms with Gasteiger partial charge < -0.3 is 20.1 Å². The van der Waals surface area contributed by atoms with Crippen molar-refractivity contribution in [1.29, 1.82) is 0 Å². The molecule has 132 valence electrons. The lowest BCUT2D eigenvalue weighted by atomic mass is 10.2. The number of aryl methyl sites for hydroxylation is 1. The summed E-state index contributed by atoms with van der Waals surface area (Å²) in [4.78, 5) is 30.5. The number of anilines is 1. The van der Waals surface area contributed by atoms with Crippen LogP contribution in [0.4, 0.5) is 10.5 Å². The fraction of sp³-hybridized carbons (Fsp3) is 0.389. The molecule has 1 atom stereocenters. The third kappa shape index (κ3) is 4.59. The molecule has 7 heteroatoms. The molecule has 0 saturated carbocycles. The van der Waals surface area contributed by atoms with Crippen LogP contribution in [0, 0.1) is 0 Å². The first kappa shape index (κ1) is 17.0. The summed E-state index contributed by atoms with van der Waals surface area (Å²) in [6, 6.07) is 8.68. The largest absolute Gasteiger partial charge is 0.354 e. The number of nitrogens with zero attached hydrogens (tertiary/aromatic N) is 3. The van der Waals surface area contributed by atoms with Gasteiger partial charge in [-0.3, -0.25) is 4.79 Å². The van der Waals surface area contributed by atoms with Gasteiger partial charge in [-0.15, -0.1) is 0 Å². The molecule has 1 aromatic heterocycles. The predicted octanol–water partition coefficient (Wildman–Crippen LogP) is 2.09. The van der Waals surface area contributed by atoms with Crippen LogP contribution in [0.1, 0.15) is 19.3 Å². The molecule has 1 saturated heterocycles. The van der Waals surface area contributed by atoms with Crippen molar-refractivity contribution in [3.05, 3.63) is 49.1 Å². The number of likely N-dealkylation sites (tertiary alicyclic amines) is 1. The standard InChI is InChI=1S/C18H23N5O2/c24-17(20-9-5-11-22-13-10-19-14-22)16-8-4-12-23(16)18(25)21-15-6-2-1-3-7-15/h1-3,6-7,10,13-14,16H,4-5,8-9,11-12H2,(H,20,24)(H,21,25)/t16-/m1/s1. The molecule has 0 aliphatic carbocycles. The summed E-state index contributed by atoms with van der Waals surface area (Å²) in [7, 11) is 0. The lowest BCUT2D eigenvalue weighted by Crippen LogP contribution is -2.47. The first-order chi connectivity index (χ1) is 12.2. The van der Waals surface area contributed by atoms with Gasteiger partial charge in [-0.1, -0.05) is 18.2 Å². The highest BCUT2D eigenvalue weighted by Gasteiger charge is 2.33. The van der Waals surface area contributed by atoms with Crippen LogP contribution in [-0.2, 0) is 11.3 Å². The summed E-state index contributed by atoms with van der Waals surface area (Å²) >= 11 is 0. The number of para-hydroxylation sites is 1. The average Bonchev–Trinajstić information content (AvgIpc) is 3.31. The summed E-state index contributed by atoms with van der Waals surface area (Å²) in [5.41, 5.74) is 0.735. The zero-order chi connectivity index (χ0) is 17.5. The van der Waals surface area contributed by atoms with Crippen LogP contribution in [0.2, 0.25) is 0 Å². The number of hydrogen-bond acceptors (Lipinski definition) is 3. The Morgan fingerprint density at radius 2 is 2.08 bits per heavy atom. The Hall–Kier alpha value is -2.83. The van der Waals surface area contributed by atoms with Crippen molar-refractivity contribution in [3.63, 3.8) is 0 Å². The summed E-state index contributed by atoms with van der Waals surface area (Å²) in [5.74, 6) is -0.0775. The molecule has 1 aliphatic heterocycles. The van der Waals surface area contributed by atoms with Crippen molar-refractivity contribution >= 4 is 17.6 Å². The number of benzene rings is 1. The molecule has 2 heterocycles. The lowest BCUT2D eigenvalue weighted by molar-refractivity contribution is -0.124. The van der Waals surface area contributed by atoms with Gasteiger partial charge in [0.1, 0.15) is 6.04 Å². The molecule has 1 aliphatic rings. The highest BCUT2D eigenvalue weighted by Crippen LogP contribution is 2.19. The van der Waals surface area contributed by atoms with Gasteiger partial charge in [0.15, 0.2) is 0 Å². The maximum Gasteiger partial charge on any atom is 0.322 e. The van der Waals surface area contributed by atoms with Gasteiger partial charge in [-0.05, 0) is 31.4 Å². The van der Waals surface area contributed by atoms with Gasteiger partial charge in [0.25, 0.3) is 0 Å². The zero-order valence-electron chi connectivity index (χ0n) is 14.1. The topological polar surface area (TPSA) is 79.3 Å². The van der Waals surface area contributed by atoms with E-state index in [4.69, 9.17) is 0 Å². The number of nitrogens with one attached hydrogen (secondary N) is 2. The van der Waals surface area contributed by atoms with E-state index in [1.54, 1.807) is 17.4 Å². The Morgan fingerprint density at radius 3 is 2.84 bits per heavy atom. The normalized spacial score (nSPS) is 16.6. The molecule has 0 unspecified atom stereocenters. The fourth-order valence-electron chi connectivity index (χ4n) is 3.01. The summed E-state index contributed by atoms with van der Waals surface area (Å²) in [6.07, 6.45) is 7.76. The van der Waals surface area contributed by atoms with Crippen LogP contribution in [0.3, 0.4) is 0 Å². The van der Waals surface area contributed by atoms with Crippen LogP contribution in [0.25, 0.3) is 0 Å². The number of carbonyl (C=O) groups excluding carboxylic acids is 2. The molecule has 7 nitrogen and oxygen atoms in total. The molecule has 0 bridgehead atoms. The molecular weight excluding hydrogens is 318 g/mol.